The molecule has 90 valence electrons. The maximum absolute atomic E-state index is 3.55. The fourth-order valence-corrected chi connectivity index (χ4v) is 3.45. The summed E-state index contributed by atoms with van der Waals surface area (Å²) in [6.45, 7) is 3.07. The molecule has 0 radical (unpaired) electrons. The van der Waals surface area contributed by atoms with Crippen LogP contribution in [0.1, 0.15) is 24.1 Å². The van der Waals surface area contributed by atoms with E-state index in [0.29, 0.717) is 6.04 Å². The van der Waals surface area contributed by atoms with E-state index < -0.39 is 0 Å². The van der Waals surface area contributed by atoms with Crippen molar-refractivity contribution < 1.29 is 0 Å². The quantitative estimate of drug-likeness (QED) is 0.782. The van der Waals surface area contributed by atoms with Gasteiger partial charge in [0.25, 0.3) is 0 Å². The molecule has 0 spiro atoms. The Balaban J connectivity index is 1.98. The van der Waals surface area contributed by atoms with Crippen molar-refractivity contribution in [1.82, 2.24) is 5.32 Å². The monoisotopic (exact) mass is 373 g/mol. The molecule has 0 aliphatic heterocycles. The lowest BCUT2D eigenvalue weighted by Crippen LogP contribution is -2.17. The van der Waals surface area contributed by atoms with Crippen LogP contribution < -0.4 is 5.32 Å². The minimum absolute atomic E-state index is 0.347. The SMILES string of the molecule is C[C@H](NCc1cscc1Br)c1cccc(Br)c1. The molecule has 0 aliphatic rings. The first-order chi connectivity index (χ1) is 8.16. The number of nitrogens with one attached hydrogen (secondary N) is 1. The standard InChI is InChI=1S/C13H13Br2NS/c1-9(10-3-2-4-12(14)5-10)16-6-11-7-17-8-13(11)15/h2-5,7-9,16H,6H2,1H3/t9-/m0/s1. The van der Waals surface area contributed by atoms with Gasteiger partial charge in [-0.25, -0.2) is 0 Å². The van der Waals surface area contributed by atoms with E-state index >= 15 is 0 Å². The molecule has 1 N–H and O–H groups in total. The number of halogens is 2. The first-order valence-electron chi connectivity index (χ1n) is 5.36. The minimum atomic E-state index is 0.347. The van der Waals surface area contributed by atoms with Crippen molar-refractivity contribution in [2.75, 3.05) is 0 Å². The Labute approximate surface area is 123 Å². The van der Waals surface area contributed by atoms with Gasteiger partial charge in [-0.1, -0.05) is 28.1 Å². The number of thiophene rings is 1. The Bertz CT molecular complexity index is 496. The molecule has 1 nitrogen and oxygen atoms in total. The summed E-state index contributed by atoms with van der Waals surface area (Å²) in [7, 11) is 0. The van der Waals surface area contributed by atoms with Crippen molar-refractivity contribution in [2.24, 2.45) is 0 Å². The number of rotatable bonds is 4. The third kappa shape index (κ3) is 3.65. The van der Waals surface area contributed by atoms with Crippen molar-refractivity contribution in [3.05, 3.63) is 55.1 Å². The van der Waals surface area contributed by atoms with Crippen molar-refractivity contribution in [3.63, 3.8) is 0 Å². The van der Waals surface area contributed by atoms with Gasteiger partial charge in [0, 0.05) is 26.9 Å². The van der Waals surface area contributed by atoms with Crippen molar-refractivity contribution in [3.8, 4) is 0 Å². The number of hydrogen-bond donors (Lipinski definition) is 1. The lowest BCUT2D eigenvalue weighted by molar-refractivity contribution is 0.574. The van der Waals surface area contributed by atoms with Crippen molar-refractivity contribution >= 4 is 43.2 Å². The van der Waals surface area contributed by atoms with Crippen LogP contribution in [0.2, 0.25) is 0 Å². The van der Waals surface area contributed by atoms with E-state index in [-0.39, 0.29) is 0 Å². The highest BCUT2D eigenvalue weighted by Crippen LogP contribution is 2.23. The lowest BCUT2D eigenvalue weighted by atomic mass is 10.1. The van der Waals surface area contributed by atoms with E-state index in [1.807, 2.05) is 6.07 Å². The molecule has 1 aromatic heterocycles. The zero-order valence-electron chi connectivity index (χ0n) is 9.41. The number of benzene rings is 1. The lowest BCUT2D eigenvalue weighted by Gasteiger charge is -2.14. The van der Waals surface area contributed by atoms with Crippen molar-refractivity contribution in [1.29, 1.82) is 0 Å². The molecule has 0 bridgehead atoms. The Morgan fingerprint density at radius 2 is 2.12 bits per heavy atom. The highest BCUT2D eigenvalue weighted by atomic mass is 79.9. The fraction of sp³-hybridized carbons (Fsp3) is 0.231. The van der Waals surface area contributed by atoms with E-state index in [0.717, 1.165) is 11.0 Å². The normalized spacial score (nSPS) is 12.6. The van der Waals surface area contributed by atoms with E-state index in [1.165, 1.54) is 15.6 Å². The molecular weight excluding hydrogens is 362 g/mol. The predicted octanol–water partition coefficient (Wildman–Crippen LogP) is 5.12. The Morgan fingerprint density at radius 1 is 1.29 bits per heavy atom. The van der Waals surface area contributed by atoms with Gasteiger partial charge in [-0.05, 0) is 51.5 Å². The van der Waals surface area contributed by atoms with Crippen LogP contribution in [0.25, 0.3) is 0 Å². The van der Waals surface area contributed by atoms with Gasteiger partial charge in [-0.15, -0.1) is 0 Å². The molecule has 17 heavy (non-hydrogen) atoms. The van der Waals surface area contributed by atoms with Gasteiger partial charge in [0.05, 0.1) is 0 Å². The van der Waals surface area contributed by atoms with Crippen LogP contribution in [-0.2, 0) is 6.54 Å². The average molecular weight is 375 g/mol. The zero-order valence-corrected chi connectivity index (χ0v) is 13.4. The molecule has 0 saturated heterocycles. The predicted molar refractivity (Wildman–Crippen MR) is 81.4 cm³/mol. The van der Waals surface area contributed by atoms with E-state index in [2.05, 4.69) is 73.1 Å². The molecule has 2 rings (SSSR count). The van der Waals surface area contributed by atoms with Crippen LogP contribution in [0.5, 0.6) is 0 Å². The first-order valence-corrected chi connectivity index (χ1v) is 7.89. The molecule has 0 amide bonds. The molecular formula is C13H13Br2NS. The Hall–Kier alpha value is -0.160. The van der Waals surface area contributed by atoms with Gasteiger partial charge in [0.2, 0.25) is 0 Å². The maximum Gasteiger partial charge on any atom is 0.0327 e. The third-order valence-corrected chi connectivity index (χ3v) is 4.96. The van der Waals surface area contributed by atoms with Crippen LogP contribution in [0, 0.1) is 0 Å². The summed E-state index contributed by atoms with van der Waals surface area (Å²) in [5.41, 5.74) is 2.61. The average Bonchev–Trinajstić information content (AvgIpc) is 2.72. The van der Waals surface area contributed by atoms with Crippen LogP contribution in [-0.4, -0.2) is 0 Å². The molecule has 0 fully saturated rings. The van der Waals surface area contributed by atoms with E-state index in [9.17, 15) is 0 Å². The largest absolute Gasteiger partial charge is 0.306 e. The second-order valence-corrected chi connectivity index (χ2v) is 6.42. The molecule has 4 heteroatoms. The molecule has 1 aromatic carbocycles. The van der Waals surface area contributed by atoms with E-state index in [1.54, 1.807) is 11.3 Å². The summed E-state index contributed by atoms with van der Waals surface area (Å²) in [4.78, 5) is 0. The summed E-state index contributed by atoms with van der Waals surface area (Å²) in [6.07, 6.45) is 0. The summed E-state index contributed by atoms with van der Waals surface area (Å²) < 4.78 is 2.32. The second kappa shape index (κ2) is 6.14. The van der Waals surface area contributed by atoms with Gasteiger partial charge >= 0.3 is 0 Å². The van der Waals surface area contributed by atoms with Crippen LogP contribution >= 0.6 is 43.2 Å². The third-order valence-electron chi connectivity index (χ3n) is 2.64. The summed E-state index contributed by atoms with van der Waals surface area (Å²) in [5.74, 6) is 0. The van der Waals surface area contributed by atoms with Crippen LogP contribution in [0.15, 0.2) is 44.0 Å². The first kappa shape index (κ1) is 13.3. The smallest absolute Gasteiger partial charge is 0.0327 e. The fourth-order valence-electron chi connectivity index (χ4n) is 1.59. The topological polar surface area (TPSA) is 12.0 Å². The highest BCUT2D eigenvalue weighted by molar-refractivity contribution is 9.10. The minimum Gasteiger partial charge on any atom is -0.306 e. The maximum atomic E-state index is 3.55. The highest BCUT2D eigenvalue weighted by Gasteiger charge is 2.06. The molecule has 0 aliphatic carbocycles. The summed E-state index contributed by atoms with van der Waals surface area (Å²) >= 11 is 8.77. The zero-order chi connectivity index (χ0) is 12.3. The summed E-state index contributed by atoms with van der Waals surface area (Å²) in [5, 5.41) is 7.81. The second-order valence-electron chi connectivity index (χ2n) is 3.90. The van der Waals surface area contributed by atoms with Gasteiger partial charge in [-0.2, -0.15) is 11.3 Å². The van der Waals surface area contributed by atoms with Crippen LogP contribution in [0.4, 0.5) is 0 Å². The Kier molecular flexibility index (Phi) is 4.79. The molecule has 0 unspecified atom stereocenters. The van der Waals surface area contributed by atoms with Gasteiger partial charge in [-0.3, -0.25) is 0 Å². The summed E-state index contributed by atoms with van der Waals surface area (Å²) in [6, 6.07) is 8.76. The molecule has 2 aromatic rings. The van der Waals surface area contributed by atoms with E-state index in [4.69, 9.17) is 0 Å². The molecule has 0 saturated carbocycles. The molecule has 1 atom stereocenters. The van der Waals surface area contributed by atoms with Gasteiger partial charge < -0.3 is 5.32 Å². The van der Waals surface area contributed by atoms with Crippen LogP contribution in [0.3, 0.4) is 0 Å². The van der Waals surface area contributed by atoms with Crippen molar-refractivity contribution in [2.45, 2.75) is 19.5 Å². The van der Waals surface area contributed by atoms with Gasteiger partial charge in [0.15, 0.2) is 0 Å². The Morgan fingerprint density at radius 3 is 2.76 bits per heavy atom. The number of hydrogen-bond acceptors (Lipinski definition) is 2. The molecule has 1 heterocycles. The van der Waals surface area contributed by atoms with Gasteiger partial charge in [0.1, 0.15) is 0 Å².